The average Bonchev–Trinajstić information content (AvgIpc) is 3.12. The Balaban J connectivity index is 2.12. The van der Waals surface area contributed by atoms with Crippen LogP contribution in [-0.2, 0) is 5.41 Å². The van der Waals surface area contributed by atoms with E-state index in [4.69, 9.17) is 0 Å². The summed E-state index contributed by atoms with van der Waals surface area (Å²) >= 11 is 5.46. The topological polar surface area (TPSA) is 0 Å². The number of rotatable bonds is 4. The molecule has 25 heavy (non-hydrogen) atoms. The first-order chi connectivity index (χ1) is 12.3. The van der Waals surface area contributed by atoms with Crippen LogP contribution in [0, 0.1) is 0 Å². The van der Waals surface area contributed by atoms with Crippen LogP contribution in [0.5, 0.6) is 0 Å². The fourth-order valence-electron chi connectivity index (χ4n) is 3.51. The van der Waals surface area contributed by atoms with Crippen LogP contribution in [0.25, 0.3) is 0 Å². The predicted molar refractivity (Wildman–Crippen MR) is 110 cm³/mol. The Morgan fingerprint density at radius 1 is 0.520 bits per heavy atom. The lowest BCUT2D eigenvalue weighted by atomic mass is 9.68. The van der Waals surface area contributed by atoms with Gasteiger partial charge in [-0.05, 0) is 44.8 Å². The van der Waals surface area contributed by atoms with Crippen molar-refractivity contribution in [2.24, 2.45) is 0 Å². The van der Waals surface area contributed by atoms with Crippen molar-refractivity contribution in [3.05, 3.63) is 128 Å². The predicted octanol–water partition coefficient (Wildman–Crippen LogP) is 6.89. The fraction of sp³-hybridized carbons (Fsp3) is 0.0435. The minimum atomic E-state index is -0.319. The number of hydrogen-bond donors (Lipinski definition) is 0. The highest BCUT2D eigenvalue weighted by Gasteiger charge is 2.39. The van der Waals surface area contributed by atoms with Crippen LogP contribution in [0.2, 0.25) is 0 Å². The van der Waals surface area contributed by atoms with Crippen LogP contribution >= 0.6 is 27.3 Å². The van der Waals surface area contributed by atoms with Gasteiger partial charge in [-0.3, -0.25) is 0 Å². The van der Waals surface area contributed by atoms with Crippen molar-refractivity contribution >= 4 is 27.3 Å². The third-order valence-electron chi connectivity index (χ3n) is 4.56. The quantitative estimate of drug-likeness (QED) is 0.324. The van der Waals surface area contributed by atoms with Gasteiger partial charge in [0.05, 0.1) is 9.20 Å². The molecule has 0 fully saturated rings. The summed E-state index contributed by atoms with van der Waals surface area (Å²) in [6.45, 7) is 0. The van der Waals surface area contributed by atoms with Crippen molar-refractivity contribution in [2.45, 2.75) is 5.41 Å². The molecule has 0 nitrogen and oxygen atoms in total. The van der Waals surface area contributed by atoms with Gasteiger partial charge in [0.1, 0.15) is 0 Å². The second-order valence-electron chi connectivity index (χ2n) is 5.95. The maximum Gasteiger partial charge on any atom is 0.0795 e. The fourth-order valence-corrected chi connectivity index (χ4v) is 5.15. The van der Waals surface area contributed by atoms with E-state index in [2.05, 4.69) is 119 Å². The van der Waals surface area contributed by atoms with Gasteiger partial charge in [-0.2, -0.15) is 0 Å². The smallest absolute Gasteiger partial charge is 0.0795 e. The van der Waals surface area contributed by atoms with Gasteiger partial charge < -0.3 is 0 Å². The zero-order chi connectivity index (χ0) is 17.1. The maximum absolute atomic E-state index is 3.66. The largest absolute Gasteiger partial charge is 0.132 e. The molecule has 4 aromatic rings. The summed E-state index contributed by atoms with van der Waals surface area (Å²) < 4.78 is 1.15. The molecule has 0 N–H and O–H groups in total. The lowest BCUT2D eigenvalue weighted by Gasteiger charge is -2.35. The molecular formula is C23H17BrS. The molecule has 4 rings (SSSR count). The number of thiophene rings is 1. The Kier molecular flexibility index (Phi) is 4.56. The van der Waals surface area contributed by atoms with Crippen molar-refractivity contribution in [1.82, 2.24) is 0 Å². The molecule has 0 unspecified atom stereocenters. The molecular weight excluding hydrogens is 388 g/mol. The summed E-state index contributed by atoms with van der Waals surface area (Å²) in [4.78, 5) is 1.31. The Morgan fingerprint density at radius 2 is 0.920 bits per heavy atom. The first kappa shape index (κ1) is 16.3. The van der Waals surface area contributed by atoms with E-state index in [-0.39, 0.29) is 5.41 Å². The van der Waals surface area contributed by atoms with E-state index in [9.17, 15) is 0 Å². The van der Waals surface area contributed by atoms with Gasteiger partial charge >= 0.3 is 0 Å². The molecule has 0 spiro atoms. The Bertz CT molecular complexity index is 846. The van der Waals surface area contributed by atoms with Gasteiger partial charge in [-0.1, -0.05) is 91.0 Å². The number of benzene rings is 3. The van der Waals surface area contributed by atoms with Gasteiger partial charge in [0.2, 0.25) is 0 Å². The van der Waals surface area contributed by atoms with Crippen LogP contribution in [0.15, 0.2) is 107 Å². The molecule has 3 aromatic carbocycles. The molecule has 1 heterocycles. The Hall–Kier alpha value is -2.16. The normalized spacial score (nSPS) is 11.4. The summed E-state index contributed by atoms with van der Waals surface area (Å²) in [5, 5.41) is 0. The van der Waals surface area contributed by atoms with Gasteiger partial charge in [-0.25, -0.2) is 0 Å². The van der Waals surface area contributed by atoms with Gasteiger partial charge in [0, 0.05) is 4.88 Å². The van der Waals surface area contributed by atoms with E-state index >= 15 is 0 Å². The molecule has 0 saturated carbocycles. The SMILES string of the molecule is Brc1ccc(C(c2ccccc2)(c2ccccc2)c2ccccc2)s1. The minimum Gasteiger partial charge on any atom is -0.132 e. The van der Waals surface area contributed by atoms with Crippen LogP contribution < -0.4 is 0 Å². The maximum atomic E-state index is 3.66. The zero-order valence-corrected chi connectivity index (χ0v) is 16.0. The van der Waals surface area contributed by atoms with E-state index in [0.29, 0.717) is 0 Å². The number of hydrogen-bond acceptors (Lipinski definition) is 1. The van der Waals surface area contributed by atoms with Crippen LogP contribution in [0.3, 0.4) is 0 Å². The van der Waals surface area contributed by atoms with E-state index in [1.165, 1.54) is 21.6 Å². The van der Waals surface area contributed by atoms with E-state index in [0.717, 1.165) is 3.79 Å². The molecule has 0 saturated heterocycles. The summed E-state index contributed by atoms with van der Waals surface area (Å²) in [5.41, 5.74) is 3.52. The van der Waals surface area contributed by atoms with E-state index < -0.39 is 0 Å². The number of halogens is 1. The van der Waals surface area contributed by atoms with Crippen LogP contribution in [0.1, 0.15) is 21.6 Å². The van der Waals surface area contributed by atoms with Gasteiger partial charge in [-0.15, -0.1) is 11.3 Å². The minimum absolute atomic E-state index is 0.319. The average molecular weight is 405 g/mol. The highest BCUT2D eigenvalue weighted by molar-refractivity contribution is 9.11. The van der Waals surface area contributed by atoms with E-state index in [1.54, 1.807) is 11.3 Å². The monoisotopic (exact) mass is 404 g/mol. The van der Waals surface area contributed by atoms with Crippen molar-refractivity contribution in [1.29, 1.82) is 0 Å². The second kappa shape index (κ2) is 6.99. The molecule has 0 radical (unpaired) electrons. The summed E-state index contributed by atoms with van der Waals surface area (Å²) in [6.07, 6.45) is 0. The van der Waals surface area contributed by atoms with Crippen molar-refractivity contribution in [3.63, 3.8) is 0 Å². The lowest BCUT2D eigenvalue weighted by molar-refractivity contribution is 0.763. The highest BCUT2D eigenvalue weighted by Crippen LogP contribution is 2.47. The summed E-state index contributed by atoms with van der Waals surface area (Å²) in [5.74, 6) is 0. The Morgan fingerprint density at radius 3 is 1.24 bits per heavy atom. The Labute approximate surface area is 160 Å². The summed E-state index contributed by atoms with van der Waals surface area (Å²) in [6, 6.07) is 36.7. The lowest BCUT2D eigenvalue weighted by Crippen LogP contribution is -2.29. The standard InChI is InChI=1S/C23H17BrS/c24-22-17-16-21(25-22)23(18-10-4-1-5-11-18,19-12-6-2-7-13-19)20-14-8-3-9-15-20/h1-17H. The van der Waals surface area contributed by atoms with Crippen molar-refractivity contribution < 1.29 is 0 Å². The van der Waals surface area contributed by atoms with Crippen molar-refractivity contribution in [3.8, 4) is 0 Å². The molecule has 0 aliphatic heterocycles. The molecule has 0 aliphatic carbocycles. The molecule has 0 atom stereocenters. The molecule has 2 heteroatoms. The molecule has 1 aromatic heterocycles. The zero-order valence-electron chi connectivity index (χ0n) is 13.6. The molecule has 0 aliphatic rings. The molecule has 122 valence electrons. The van der Waals surface area contributed by atoms with Crippen molar-refractivity contribution in [2.75, 3.05) is 0 Å². The second-order valence-corrected chi connectivity index (χ2v) is 8.41. The first-order valence-corrected chi connectivity index (χ1v) is 9.85. The van der Waals surface area contributed by atoms with Crippen LogP contribution in [-0.4, -0.2) is 0 Å². The van der Waals surface area contributed by atoms with Crippen LogP contribution in [0.4, 0.5) is 0 Å². The first-order valence-electron chi connectivity index (χ1n) is 8.24. The highest BCUT2D eigenvalue weighted by atomic mass is 79.9. The van der Waals surface area contributed by atoms with Gasteiger partial charge in [0.25, 0.3) is 0 Å². The third kappa shape index (κ3) is 2.86. The third-order valence-corrected chi connectivity index (χ3v) is 6.31. The van der Waals surface area contributed by atoms with Gasteiger partial charge in [0.15, 0.2) is 0 Å². The molecule has 0 amide bonds. The molecule has 0 bridgehead atoms. The van der Waals surface area contributed by atoms with E-state index in [1.807, 2.05) is 0 Å². The summed E-state index contributed by atoms with van der Waals surface area (Å²) in [7, 11) is 0.